The van der Waals surface area contributed by atoms with Gasteiger partial charge in [0.1, 0.15) is 0 Å². The maximum Gasteiger partial charge on any atom is 0.0385 e. The van der Waals surface area contributed by atoms with Crippen LogP contribution in [0, 0.1) is 0 Å². The highest BCUT2D eigenvalue weighted by Gasteiger charge is 2.07. The van der Waals surface area contributed by atoms with E-state index in [-0.39, 0.29) is 0 Å². The van der Waals surface area contributed by atoms with Gasteiger partial charge in [0.25, 0.3) is 0 Å². The summed E-state index contributed by atoms with van der Waals surface area (Å²) in [5.74, 6) is 0. The molecule has 0 saturated heterocycles. The molecule has 0 radical (unpaired) electrons. The monoisotopic (exact) mass is 310 g/mol. The fourth-order valence-corrected chi connectivity index (χ4v) is 2.85. The SMILES string of the molecule is CCCCCC(CCC)Nc1ccc(Nc2ccccc2)cc1. The van der Waals surface area contributed by atoms with E-state index >= 15 is 0 Å². The standard InChI is InChI=1S/C21H30N2/c1-3-5-7-11-18(10-4-2)22-20-14-16-21(17-15-20)23-19-12-8-6-9-13-19/h6,8-9,12-18,22-23H,3-5,7,10-11H2,1-2H3. The molecule has 0 heterocycles. The molecule has 1 atom stereocenters. The highest BCUT2D eigenvalue weighted by Crippen LogP contribution is 2.21. The quantitative estimate of drug-likeness (QED) is 0.484. The molecule has 2 N–H and O–H groups in total. The van der Waals surface area contributed by atoms with E-state index in [9.17, 15) is 0 Å². The molecule has 0 aromatic heterocycles. The van der Waals surface area contributed by atoms with Crippen molar-refractivity contribution in [3.8, 4) is 0 Å². The van der Waals surface area contributed by atoms with E-state index in [0.29, 0.717) is 6.04 Å². The lowest BCUT2D eigenvalue weighted by atomic mass is 10.0. The first-order chi connectivity index (χ1) is 11.3. The molecule has 1 unspecified atom stereocenters. The van der Waals surface area contributed by atoms with E-state index in [1.54, 1.807) is 0 Å². The maximum absolute atomic E-state index is 3.70. The first-order valence-electron chi connectivity index (χ1n) is 9.00. The Hall–Kier alpha value is -1.96. The van der Waals surface area contributed by atoms with Gasteiger partial charge >= 0.3 is 0 Å². The van der Waals surface area contributed by atoms with Gasteiger partial charge in [-0.3, -0.25) is 0 Å². The summed E-state index contributed by atoms with van der Waals surface area (Å²) >= 11 is 0. The molecule has 2 nitrogen and oxygen atoms in total. The van der Waals surface area contributed by atoms with E-state index in [1.807, 2.05) is 18.2 Å². The van der Waals surface area contributed by atoms with Crippen LogP contribution in [0.1, 0.15) is 52.4 Å². The van der Waals surface area contributed by atoms with Crippen molar-refractivity contribution in [2.75, 3.05) is 10.6 Å². The molecule has 124 valence electrons. The maximum atomic E-state index is 3.70. The van der Waals surface area contributed by atoms with Gasteiger partial charge in [-0.15, -0.1) is 0 Å². The second-order valence-corrected chi connectivity index (χ2v) is 6.19. The highest BCUT2D eigenvalue weighted by atomic mass is 14.9. The Morgan fingerprint density at radius 2 is 1.35 bits per heavy atom. The summed E-state index contributed by atoms with van der Waals surface area (Å²) in [6.07, 6.45) is 7.69. The molecule has 0 bridgehead atoms. The second-order valence-electron chi connectivity index (χ2n) is 6.19. The molecule has 0 amide bonds. The van der Waals surface area contributed by atoms with Gasteiger partial charge in [-0.2, -0.15) is 0 Å². The van der Waals surface area contributed by atoms with Gasteiger partial charge < -0.3 is 10.6 Å². The lowest BCUT2D eigenvalue weighted by molar-refractivity contribution is 0.550. The topological polar surface area (TPSA) is 24.1 Å². The largest absolute Gasteiger partial charge is 0.382 e. The number of benzene rings is 2. The second kappa shape index (κ2) is 9.94. The fraction of sp³-hybridized carbons (Fsp3) is 0.429. The summed E-state index contributed by atoms with van der Waals surface area (Å²) in [6.45, 7) is 4.53. The molecule has 0 saturated carbocycles. The number of para-hydroxylation sites is 1. The Morgan fingerprint density at radius 3 is 2.00 bits per heavy atom. The third kappa shape index (κ3) is 6.35. The molecule has 2 aromatic carbocycles. The molecule has 0 aliphatic carbocycles. The van der Waals surface area contributed by atoms with Gasteiger partial charge in [0.15, 0.2) is 0 Å². The van der Waals surface area contributed by atoms with Crippen LogP contribution in [0.4, 0.5) is 17.1 Å². The van der Waals surface area contributed by atoms with Gasteiger partial charge in [0, 0.05) is 23.1 Å². The molecule has 0 spiro atoms. The summed E-state index contributed by atoms with van der Waals surface area (Å²) in [4.78, 5) is 0. The van der Waals surface area contributed by atoms with Gasteiger partial charge in [-0.05, 0) is 49.2 Å². The molecule has 0 aliphatic heterocycles. The molecule has 0 aliphatic rings. The number of nitrogens with one attached hydrogen (secondary N) is 2. The summed E-state index contributed by atoms with van der Waals surface area (Å²) in [5, 5.41) is 7.13. The molecule has 0 fully saturated rings. The van der Waals surface area contributed by atoms with E-state index in [2.05, 4.69) is 60.9 Å². The van der Waals surface area contributed by atoms with Crippen molar-refractivity contribution in [2.45, 2.75) is 58.4 Å². The van der Waals surface area contributed by atoms with Crippen molar-refractivity contribution in [1.29, 1.82) is 0 Å². The van der Waals surface area contributed by atoms with Crippen LogP contribution in [0.25, 0.3) is 0 Å². The van der Waals surface area contributed by atoms with Crippen LogP contribution in [-0.4, -0.2) is 6.04 Å². The molecule has 2 heteroatoms. The Kier molecular flexibility index (Phi) is 7.51. The average Bonchev–Trinajstić information content (AvgIpc) is 2.58. The minimum absolute atomic E-state index is 0.597. The zero-order valence-corrected chi connectivity index (χ0v) is 14.5. The lowest BCUT2D eigenvalue weighted by Crippen LogP contribution is -2.19. The number of hydrogen-bond acceptors (Lipinski definition) is 2. The van der Waals surface area contributed by atoms with Crippen LogP contribution in [0.2, 0.25) is 0 Å². The van der Waals surface area contributed by atoms with Crippen LogP contribution in [-0.2, 0) is 0 Å². The van der Waals surface area contributed by atoms with Crippen molar-refractivity contribution >= 4 is 17.1 Å². The van der Waals surface area contributed by atoms with Crippen LogP contribution >= 0.6 is 0 Å². The predicted molar refractivity (Wildman–Crippen MR) is 103 cm³/mol. The predicted octanol–water partition coefficient (Wildman–Crippen LogP) is 6.59. The zero-order valence-electron chi connectivity index (χ0n) is 14.5. The Balaban J connectivity index is 1.89. The normalized spacial score (nSPS) is 11.9. The third-order valence-electron chi connectivity index (χ3n) is 4.11. The first kappa shape index (κ1) is 17.4. The van der Waals surface area contributed by atoms with Gasteiger partial charge in [-0.25, -0.2) is 0 Å². The summed E-state index contributed by atoms with van der Waals surface area (Å²) < 4.78 is 0. The van der Waals surface area contributed by atoms with E-state index in [1.165, 1.54) is 44.2 Å². The Morgan fingerprint density at radius 1 is 0.696 bits per heavy atom. The van der Waals surface area contributed by atoms with E-state index in [4.69, 9.17) is 0 Å². The van der Waals surface area contributed by atoms with Crippen LogP contribution in [0.5, 0.6) is 0 Å². The van der Waals surface area contributed by atoms with Crippen molar-refractivity contribution in [1.82, 2.24) is 0 Å². The zero-order chi connectivity index (χ0) is 16.3. The number of unbranched alkanes of at least 4 members (excludes halogenated alkanes) is 2. The first-order valence-corrected chi connectivity index (χ1v) is 9.00. The lowest BCUT2D eigenvalue weighted by Gasteiger charge is -2.19. The minimum atomic E-state index is 0.597. The molecular weight excluding hydrogens is 280 g/mol. The number of rotatable bonds is 10. The van der Waals surface area contributed by atoms with Crippen molar-refractivity contribution in [3.05, 3.63) is 54.6 Å². The smallest absolute Gasteiger partial charge is 0.0385 e. The summed E-state index contributed by atoms with van der Waals surface area (Å²) in [7, 11) is 0. The van der Waals surface area contributed by atoms with Crippen LogP contribution in [0.3, 0.4) is 0 Å². The molecule has 23 heavy (non-hydrogen) atoms. The van der Waals surface area contributed by atoms with Crippen LogP contribution < -0.4 is 10.6 Å². The van der Waals surface area contributed by atoms with Crippen molar-refractivity contribution in [3.63, 3.8) is 0 Å². The number of anilines is 3. The molecule has 2 aromatic rings. The van der Waals surface area contributed by atoms with Crippen LogP contribution in [0.15, 0.2) is 54.6 Å². The van der Waals surface area contributed by atoms with Gasteiger partial charge in [0.2, 0.25) is 0 Å². The molecule has 2 rings (SSSR count). The van der Waals surface area contributed by atoms with E-state index in [0.717, 1.165) is 11.4 Å². The summed E-state index contributed by atoms with van der Waals surface area (Å²) in [6, 6.07) is 19.5. The van der Waals surface area contributed by atoms with Crippen molar-refractivity contribution in [2.24, 2.45) is 0 Å². The Bertz CT molecular complexity index is 534. The van der Waals surface area contributed by atoms with Crippen molar-refractivity contribution < 1.29 is 0 Å². The van der Waals surface area contributed by atoms with Gasteiger partial charge in [-0.1, -0.05) is 57.7 Å². The van der Waals surface area contributed by atoms with E-state index < -0.39 is 0 Å². The summed E-state index contributed by atoms with van der Waals surface area (Å²) in [5.41, 5.74) is 3.47. The third-order valence-corrected chi connectivity index (χ3v) is 4.11. The number of hydrogen-bond donors (Lipinski definition) is 2. The minimum Gasteiger partial charge on any atom is -0.382 e. The van der Waals surface area contributed by atoms with Gasteiger partial charge in [0.05, 0.1) is 0 Å². The highest BCUT2D eigenvalue weighted by molar-refractivity contribution is 5.62. The Labute approximate surface area is 141 Å². The fourth-order valence-electron chi connectivity index (χ4n) is 2.85. The average molecular weight is 310 g/mol. The molecular formula is C21H30N2.